The molecule has 1 amide bonds. The first kappa shape index (κ1) is 21.5. The maximum absolute atomic E-state index is 13.0. The highest BCUT2D eigenvalue weighted by atomic mass is 35.5. The third-order valence-electron chi connectivity index (χ3n) is 4.66. The molecule has 31 heavy (non-hydrogen) atoms. The largest absolute Gasteiger partial charge is 0.298 e. The Morgan fingerprint density at radius 3 is 2.65 bits per heavy atom. The average Bonchev–Trinajstić information content (AvgIpc) is 3.30. The van der Waals surface area contributed by atoms with Crippen molar-refractivity contribution in [2.75, 3.05) is 11.6 Å². The van der Waals surface area contributed by atoms with E-state index in [1.54, 1.807) is 28.9 Å². The Hall–Kier alpha value is -2.75. The SMILES string of the molecule is CC(C)c1c(C(=O)Nc2nc3ccc(S(C)(=O)=O)cc3s2)cnn1-c1cccc(Cl)c1. The van der Waals surface area contributed by atoms with E-state index in [-0.39, 0.29) is 16.7 Å². The minimum Gasteiger partial charge on any atom is -0.298 e. The van der Waals surface area contributed by atoms with Crippen LogP contribution < -0.4 is 5.32 Å². The number of amides is 1. The third kappa shape index (κ3) is 4.34. The van der Waals surface area contributed by atoms with Gasteiger partial charge in [-0.3, -0.25) is 10.1 Å². The summed E-state index contributed by atoms with van der Waals surface area (Å²) >= 11 is 7.33. The summed E-state index contributed by atoms with van der Waals surface area (Å²) in [6, 6.07) is 12.0. The van der Waals surface area contributed by atoms with E-state index in [0.29, 0.717) is 25.9 Å². The van der Waals surface area contributed by atoms with Gasteiger partial charge in [-0.05, 0) is 42.3 Å². The molecule has 1 N–H and O–H groups in total. The molecular formula is C21H19ClN4O3S2. The van der Waals surface area contributed by atoms with Crippen molar-refractivity contribution in [1.29, 1.82) is 0 Å². The predicted octanol–water partition coefficient (Wildman–Crippen LogP) is 4.91. The summed E-state index contributed by atoms with van der Waals surface area (Å²) in [5.41, 5.74) is 2.57. The number of sulfone groups is 1. The molecule has 0 radical (unpaired) electrons. The van der Waals surface area contributed by atoms with Gasteiger partial charge in [-0.15, -0.1) is 0 Å². The topological polar surface area (TPSA) is 93.9 Å². The molecule has 4 rings (SSSR count). The molecule has 4 aromatic rings. The van der Waals surface area contributed by atoms with E-state index in [4.69, 9.17) is 11.6 Å². The van der Waals surface area contributed by atoms with Crippen LogP contribution in [-0.4, -0.2) is 35.3 Å². The molecule has 0 aliphatic carbocycles. The maximum atomic E-state index is 13.0. The van der Waals surface area contributed by atoms with E-state index in [1.165, 1.54) is 23.6 Å². The number of carbonyl (C=O) groups excluding carboxylic acids is 1. The van der Waals surface area contributed by atoms with E-state index in [2.05, 4.69) is 15.4 Å². The molecule has 7 nitrogen and oxygen atoms in total. The van der Waals surface area contributed by atoms with Crippen LogP contribution >= 0.6 is 22.9 Å². The van der Waals surface area contributed by atoms with Gasteiger partial charge in [-0.25, -0.2) is 18.1 Å². The van der Waals surface area contributed by atoms with Crippen molar-refractivity contribution >= 4 is 54.0 Å². The van der Waals surface area contributed by atoms with Gasteiger partial charge in [0.05, 0.1) is 38.3 Å². The Morgan fingerprint density at radius 1 is 1.19 bits per heavy atom. The van der Waals surface area contributed by atoms with Gasteiger partial charge in [0.25, 0.3) is 5.91 Å². The smallest absolute Gasteiger partial charge is 0.260 e. The summed E-state index contributed by atoms with van der Waals surface area (Å²) in [7, 11) is -3.32. The molecule has 2 aromatic heterocycles. The van der Waals surface area contributed by atoms with Crippen molar-refractivity contribution in [3.05, 3.63) is 64.9 Å². The molecule has 0 saturated carbocycles. The molecule has 0 spiro atoms. The second kappa shape index (κ2) is 8.07. The second-order valence-electron chi connectivity index (χ2n) is 7.36. The standard InChI is InChI=1S/C21H19ClN4O3S2/c1-12(2)19-16(11-23-26(19)14-6-4-5-13(22)9-14)20(27)25-21-24-17-8-7-15(31(3,28)29)10-18(17)30-21/h4-12H,1-3H3,(H,24,25,27). The van der Waals surface area contributed by atoms with Crippen LogP contribution in [0, 0.1) is 0 Å². The van der Waals surface area contributed by atoms with Gasteiger partial charge in [-0.2, -0.15) is 5.10 Å². The van der Waals surface area contributed by atoms with Crippen molar-refractivity contribution in [3.63, 3.8) is 0 Å². The molecule has 0 unspecified atom stereocenters. The van der Waals surface area contributed by atoms with Crippen molar-refractivity contribution in [1.82, 2.24) is 14.8 Å². The third-order valence-corrected chi connectivity index (χ3v) is 6.94. The number of nitrogens with one attached hydrogen (secondary N) is 1. The summed E-state index contributed by atoms with van der Waals surface area (Å²) in [6.07, 6.45) is 2.68. The van der Waals surface area contributed by atoms with Crippen LogP contribution in [0.4, 0.5) is 5.13 Å². The van der Waals surface area contributed by atoms with Gasteiger partial charge in [-0.1, -0.05) is 42.9 Å². The molecule has 0 atom stereocenters. The first-order chi connectivity index (χ1) is 14.6. The van der Waals surface area contributed by atoms with Gasteiger partial charge in [0.2, 0.25) is 0 Å². The summed E-state index contributed by atoms with van der Waals surface area (Å²) in [6.45, 7) is 3.97. The molecule has 0 aliphatic heterocycles. The van der Waals surface area contributed by atoms with Gasteiger partial charge in [0.15, 0.2) is 15.0 Å². The Morgan fingerprint density at radius 2 is 1.97 bits per heavy atom. The summed E-state index contributed by atoms with van der Waals surface area (Å²) < 4.78 is 26.0. The number of anilines is 1. The van der Waals surface area contributed by atoms with E-state index in [1.807, 2.05) is 26.0 Å². The van der Waals surface area contributed by atoms with Crippen LogP contribution in [0.3, 0.4) is 0 Å². The molecule has 2 heterocycles. The molecule has 0 saturated heterocycles. The Labute approximate surface area is 188 Å². The number of fused-ring (bicyclic) bond motifs is 1. The fourth-order valence-corrected chi connectivity index (χ4v) is 5.06. The normalized spacial score (nSPS) is 11.9. The molecule has 160 valence electrons. The zero-order chi connectivity index (χ0) is 22.3. The lowest BCUT2D eigenvalue weighted by molar-refractivity contribution is 0.102. The van der Waals surface area contributed by atoms with Crippen molar-refractivity contribution in [3.8, 4) is 5.69 Å². The minimum absolute atomic E-state index is 0.0231. The fourth-order valence-electron chi connectivity index (χ4n) is 3.26. The summed E-state index contributed by atoms with van der Waals surface area (Å²) in [5, 5.41) is 8.19. The van der Waals surface area contributed by atoms with Crippen LogP contribution in [0.15, 0.2) is 53.6 Å². The number of halogens is 1. The highest BCUT2D eigenvalue weighted by Gasteiger charge is 2.22. The number of benzene rings is 2. The lowest BCUT2D eigenvalue weighted by Crippen LogP contribution is -2.15. The van der Waals surface area contributed by atoms with Crippen LogP contribution in [0.25, 0.3) is 15.9 Å². The van der Waals surface area contributed by atoms with E-state index in [9.17, 15) is 13.2 Å². The van der Waals surface area contributed by atoms with Gasteiger partial charge in [0, 0.05) is 11.3 Å². The van der Waals surface area contributed by atoms with Crippen molar-refractivity contribution in [2.24, 2.45) is 0 Å². The Bertz CT molecular complexity index is 1410. The highest BCUT2D eigenvalue weighted by Crippen LogP contribution is 2.30. The molecular weight excluding hydrogens is 456 g/mol. The number of nitrogens with zero attached hydrogens (tertiary/aromatic N) is 3. The monoisotopic (exact) mass is 474 g/mol. The number of hydrogen-bond donors (Lipinski definition) is 1. The Kier molecular flexibility index (Phi) is 5.59. The molecule has 0 fully saturated rings. The number of thiazole rings is 1. The first-order valence-corrected chi connectivity index (χ1v) is 12.5. The number of hydrogen-bond acceptors (Lipinski definition) is 6. The molecule has 0 bridgehead atoms. The quantitative estimate of drug-likeness (QED) is 0.443. The number of carbonyl (C=O) groups is 1. The number of rotatable bonds is 5. The van der Waals surface area contributed by atoms with Crippen LogP contribution in [0.5, 0.6) is 0 Å². The number of aromatic nitrogens is 3. The Balaban J connectivity index is 1.67. The van der Waals surface area contributed by atoms with Crippen LogP contribution in [0.1, 0.15) is 35.8 Å². The summed E-state index contributed by atoms with van der Waals surface area (Å²) in [5.74, 6) is -0.311. The molecule has 10 heteroatoms. The fraction of sp³-hybridized carbons (Fsp3) is 0.190. The molecule has 2 aromatic carbocycles. The lowest BCUT2D eigenvalue weighted by Gasteiger charge is -2.12. The minimum atomic E-state index is -3.32. The van der Waals surface area contributed by atoms with E-state index < -0.39 is 9.84 Å². The first-order valence-electron chi connectivity index (χ1n) is 9.39. The van der Waals surface area contributed by atoms with Crippen LogP contribution in [0.2, 0.25) is 5.02 Å². The second-order valence-corrected chi connectivity index (χ2v) is 10.8. The van der Waals surface area contributed by atoms with E-state index >= 15 is 0 Å². The van der Waals surface area contributed by atoms with E-state index in [0.717, 1.165) is 17.6 Å². The predicted molar refractivity (Wildman–Crippen MR) is 123 cm³/mol. The maximum Gasteiger partial charge on any atom is 0.260 e. The van der Waals surface area contributed by atoms with Gasteiger partial charge >= 0.3 is 0 Å². The van der Waals surface area contributed by atoms with Gasteiger partial charge in [0.1, 0.15) is 0 Å². The van der Waals surface area contributed by atoms with Crippen molar-refractivity contribution in [2.45, 2.75) is 24.7 Å². The van der Waals surface area contributed by atoms with Crippen LogP contribution in [-0.2, 0) is 9.84 Å². The van der Waals surface area contributed by atoms with Crippen molar-refractivity contribution < 1.29 is 13.2 Å². The van der Waals surface area contributed by atoms with Gasteiger partial charge < -0.3 is 0 Å². The highest BCUT2D eigenvalue weighted by molar-refractivity contribution is 7.90. The average molecular weight is 475 g/mol. The lowest BCUT2D eigenvalue weighted by atomic mass is 10.1. The summed E-state index contributed by atoms with van der Waals surface area (Å²) in [4.78, 5) is 17.6. The zero-order valence-electron chi connectivity index (χ0n) is 17.0. The zero-order valence-corrected chi connectivity index (χ0v) is 19.3. The molecule has 0 aliphatic rings.